The van der Waals surface area contributed by atoms with Crippen LogP contribution in [0.4, 0.5) is 11.6 Å². The first kappa shape index (κ1) is 37.9. The fraction of sp³-hybridized carbons (Fsp3) is 0.333. The van der Waals surface area contributed by atoms with Crippen LogP contribution in [0.2, 0.25) is 0 Å². The number of anilines is 2. The van der Waals surface area contributed by atoms with Gasteiger partial charge in [-0.05, 0) is 124 Å². The molecule has 6 N–H and O–H groups in total. The molecule has 2 aromatic heterocycles. The maximum absolute atomic E-state index is 13.0. The summed E-state index contributed by atoms with van der Waals surface area (Å²) in [5, 5.41) is 4.67. The molecule has 56 heavy (non-hydrogen) atoms. The number of fused-ring (bicyclic) bond motifs is 2. The molecule has 8 rings (SSSR count). The summed E-state index contributed by atoms with van der Waals surface area (Å²) in [5.41, 5.74) is 22.2. The van der Waals surface area contributed by atoms with Gasteiger partial charge in [-0.25, -0.2) is 9.97 Å². The number of aryl methyl sites for hydroxylation is 2. The van der Waals surface area contributed by atoms with E-state index < -0.39 is 23.9 Å². The number of hydrogen-bond acceptors (Lipinski definition) is 10. The normalized spacial score (nSPS) is 21.7. The number of nitrogen functional groups attached to an aromatic ring is 2. The molecule has 14 heteroatoms. The third-order valence-corrected chi connectivity index (χ3v) is 11.6. The molecule has 2 aromatic carbocycles. The average molecular weight is 757 g/mol. The molecule has 4 aromatic rings. The predicted molar refractivity (Wildman–Crippen MR) is 209 cm³/mol. The Balaban J connectivity index is 0.000000172. The average Bonchev–Trinajstić information content (AvgIpc) is 3.55. The van der Waals surface area contributed by atoms with Gasteiger partial charge in [0, 0.05) is 35.1 Å². The summed E-state index contributed by atoms with van der Waals surface area (Å²) >= 11 is 0. The number of imide groups is 2. The van der Waals surface area contributed by atoms with Crippen LogP contribution in [-0.2, 0) is 19.2 Å². The summed E-state index contributed by atoms with van der Waals surface area (Å²) in [5.74, 6) is -0.791. The number of carbonyl (C=O) groups excluding carboxylic acids is 6. The molecule has 6 amide bonds. The molecule has 4 aliphatic heterocycles. The number of hydrogen-bond donors (Lipinski definition) is 4. The molecule has 14 nitrogen and oxygen atoms in total. The minimum atomic E-state index is -0.633. The monoisotopic (exact) mass is 756 g/mol. The standard InChI is InChI=1S/2C21H22N4O3/c2*1-10-8-16(23-19(22)11(10)2)13-4-5-14-15(9-13)12(3)25(21(14)28)17-6-7-18(26)24-20(17)27/h2*4-5,8-9,12,17H,6-7H2,1-3H3,(H2,22,23)(H,24,26,27)/t2*12-,17?/m10/s1. The second-order valence-corrected chi connectivity index (χ2v) is 15.0. The van der Waals surface area contributed by atoms with Gasteiger partial charge in [-0.3, -0.25) is 39.4 Å². The lowest BCUT2D eigenvalue weighted by atomic mass is 9.98. The Labute approximate surface area is 324 Å². The Morgan fingerprint density at radius 3 is 1.30 bits per heavy atom. The van der Waals surface area contributed by atoms with E-state index in [1.807, 2.05) is 77.9 Å². The topological polar surface area (TPSA) is 211 Å². The highest BCUT2D eigenvalue weighted by molar-refractivity contribution is 6.07. The van der Waals surface area contributed by atoms with Crippen molar-refractivity contribution >= 4 is 47.1 Å². The molecule has 0 saturated carbocycles. The lowest BCUT2D eigenvalue weighted by molar-refractivity contribution is -0.138. The van der Waals surface area contributed by atoms with Gasteiger partial charge in [-0.15, -0.1) is 0 Å². The summed E-state index contributed by atoms with van der Waals surface area (Å²) in [7, 11) is 0. The number of piperidine rings is 2. The first-order chi connectivity index (χ1) is 26.5. The fourth-order valence-electron chi connectivity index (χ4n) is 7.99. The van der Waals surface area contributed by atoms with Crippen LogP contribution in [-0.4, -0.2) is 67.3 Å². The number of nitrogens with zero attached hydrogens (tertiary/aromatic N) is 4. The molecule has 4 aliphatic rings. The van der Waals surface area contributed by atoms with Crippen molar-refractivity contribution < 1.29 is 28.8 Å². The minimum Gasteiger partial charge on any atom is -0.383 e. The SMILES string of the molecule is Cc1cc(-c2ccc3c(c2)[C@@H](C)N(C2CCC(=O)NC2=O)C3=O)nc(N)c1C.Cc1cc(-c2ccc3c(c2)[C@H](C)N(C2CCC(=O)NC2=O)C3=O)nc(N)c1C. The Kier molecular flexibility index (Phi) is 9.69. The number of nitrogens with two attached hydrogens (primary N) is 2. The number of benzene rings is 2. The summed E-state index contributed by atoms with van der Waals surface area (Å²) < 4.78 is 0. The van der Waals surface area contributed by atoms with E-state index in [1.165, 1.54) is 0 Å². The Morgan fingerprint density at radius 2 is 0.964 bits per heavy atom. The quantitative estimate of drug-likeness (QED) is 0.214. The summed E-state index contributed by atoms with van der Waals surface area (Å²) in [4.78, 5) is 85.5. The molecule has 2 saturated heterocycles. The van der Waals surface area contributed by atoms with E-state index in [9.17, 15) is 28.8 Å². The fourth-order valence-corrected chi connectivity index (χ4v) is 7.99. The second kappa shape index (κ2) is 14.3. The van der Waals surface area contributed by atoms with Crippen molar-refractivity contribution in [2.45, 2.75) is 91.4 Å². The molecule has 0 radical (unpaired) electrons. The molecule has 0 aliphatic carbocycles. The molecular formula is C42H44N8O6. The number of nitrogens with one attached hydrogen (secondary N) is 2. The number of aromatic nitrogens is 2. The molecule has 288 valence electrons. The Bertz CT molecular complexity index is 2180. The van der Waals surface area contributed by atoms with Crippen molar-refractivity contribution in [1.82, 2.24) is 30.4 Å². The number of amides is 6. The van der Waals surface area contributed by atoms with Gasteiger partial charge in [-0.2, -0.15) is 0 Å². The van der Waals surface area contributed by atoms with Gasteiger partial charge in [0.15, 0.2) is 0 Å². The van der Waals surface area contributed by atoms with Gasteiger partial charge in [0.2, 0.25) is 23.6 Å². The second-order valence-electron chi connectivity index (χ2n) is 15.0. The maximum atomic E-state index is 13.0. The third-order valence-electron chi connectivity index (χ3n) is 11.6. The van der Waals surface area contributed by atoms with Gasteiger partial charge in [-0.1, -0.05) is 12.1 Å². The predicted octanol–water partition coefficient (Wildman–Crippen LogP) is 4.54. The van der Waals surface area contributed by atoms with Crippen LogP contribution in [0, 0.1) is 27.7 Å². The van der Waals surface area contributed by atoms with Crippen molar-refractivity contribution in [3.63, 3.8) is 0 Å². The number of carbonyl (C=O) groups is 6. The van der Waals surface area contributed by atoms with Crippen LogP contribution in [0.3, 0.4) is 0 Å². The minimum absolute atomic E-state index is 0.184. The lowest BCUT2D eigenvalue weighted by Gasteiger charge is -2.32. The highest BCUT2D eigenvalue weighted by atomic mass is 16.2. The first-order valence-corrected chi connectivity index (χ1v) is 18.6. The van der Waals surface area contributed by atoms with Crippen LogP contribution in [0.15, 0.2) is 48.5 Å². The molecule has 2 unspecified atom stereocenters. The van der Waals surface area contributed by atoms with Gasteiger partial charge >= 0.3 is 0 Å². The number of rotatable bonds is 4. The van der Waals surface area contributed by atoms with E-state index in [-0.39, 0.29) is 48.6 Å². The molecule has 2 fully saturated rings. The lowest BCUT2D eigenvalue weighted by Crippen LogP contribution is -2.53. The van der Waals surface area contributed by atoms with Crippen LogP contribution in [0.25, 0.3) is 22.5 Å². The first-order valence-electron chi connectivity index (χ1n) is 18.6. The molecule has 0 spiro atoms. The van der Waals surface area contributed by atoms with Crippen LogP contribution in [0.1, 0.15) is 106 Å². The zero-order valence-corrected chi connectivity index (χ0v) is 32.1. The largest absolute Gasteiger partial charge is 0.383 e. The Hall–Kier alpha value is -6.44. The zero-order chi connectivity index (χ0) is 40.3. The van der Waals surface area contributed by atoms with E-state index in [4.69, 9.17) is 11.5 Å². The molecule has 0 bridgehead atoms. The van der Waals surface area contributed by atoms with Crippen molar-refractivity contribution in [2.75, 3.05) is 11.5 Å². The van der Waals surface area contributed by atoms with Crippen LogP contribution < -0.4 is 22.1 Å². The summed E-state index contributed by atoms with van der Waals surface area (Å²) in [6.07, 6.45) is 1.16. The van der Waals surface area contributed by atoms with Crippen LogP contribution >= 0.6 is 0 Å². The van der Waals surface area contributed by atoms with E-state index in [0.717, 1.165) is 55.9 Å². The van der Waals surface area contributed by atoms with Gasteiger partial charge in [0.25, 0.3) is 11.8 Å². The highest BCUT2D eigenvalue weighted by Gasteiger charge is 2.44. The van der Waals surface area contributed by atoms with E-state index >= 15 is 0 Å². The van der Waals surface area contributed by atoms with Gasteiger partial charge in [0.05, 0.1) is 23.5 Å². The number of pyridine rings is 2. The van der Waals surface area contributed by atoms with Gasteiger partial charge < -0.3 is 21.3 Å². The maximum Gasteiger partial charge on any atom is 0.255 e. The van der Waals surface area contributed by atoms with E-state index in [2.05, 4.69) is 20.6 Å². The van der Waals surface area contributed by atoms with Crippen molar-refractivity contribution in [3.05, 3.63) is 93.0 Å². The molecule has 6 heterocycles. The molecule has 4 atom stereocenters. The molecular weight excluding hydrogens is 713 g/mol. The zero-order valence-electron chi connectivity index (χ0n) is 32.1. The van der Waals surface area contributed by atoms with Crippen LogP contribution in [0.5, 0.6) is 0 Å². The van der Waals surface area contributed by atoms with E-state index in [1.54, 1.807) is 21.9 Å². The van der Waals surface area contributed by atoms with Gasteiger partial charge in [0.1, 0.15) is 23.7 Å². The highest BCUT2D eigenvalue weighted by Crippen LogP contribution is 2.40. The summed E-state index contributed by atoms with van der Waals surface area (Å²) in [6.45, 7) is 11.6. The van der Waals surface area contributed by atoms with Crippen molar-refractivity contribution in [1.29, 1.82) is 0 Å². The summed E-state index contributed by atoms with van der Waals surface area (Å²) in [6, 6.07) is 13.3. The Morgan fingerprint density at radius 1 is 0.589 bits per heavy atom. The van der Waals surface area contributed by atoms with Crippen molar-refractivity contribution in [3.8, 4) is 22.5 Å². The van der Waals surface area contributed by atoms with Crippen molar-refractivity contribution in [2.24, 2.45) is 0 Å². The smallest absolute Gasteiger partial charge is 0.255 e. The third kappa shape index (κ3) is 6.54. The van der Waals surface area contributed by atoms with E-state index in [0.29, 0.717) is 35.6 Å².